The largest absolute Gasteiger partial charge is 0.295 e. The van der Waals surface area contributed by atoms with Crippen LogP contribution in [0.15, 0.2) is 34.1 Å². The molecule has 70 valence electrons. The molecule has 3 nitrogen and oxygen atoms in total. The van der Waals surface area contributed by atoms with Gasteiger partial charge in [0.2, 0.25) is 0 Å². The molecule has 5 heteroatoms. The average molecular weight is 263 g/mol. The maximum Gasteiger partial charge on any atom is 0.295 e. The second kappa shape index (κ2) is 4.04. The van der Waals surface area contributed by atoms with E-state index in [2.05, 4.69) is 15.9 Å². The third-order valence-electron chi connectivity index (χ3n) is 1.44. The van der Waals surface area contributed by atoms with Crippen molar-refractivity contribution >= 4 is 32.1 Å². The Balaban J connectivity index is 3.37. The van der Waals surface area contributed by atoms with Crippen molar-refractivity contribution in [3.05, 3.63) is 34.8 Å². The minimum Gasteiger partial charge on any atom is -0.282 e. The highest BCUT2D eigenvalue weighted by Gasteiger charge is 2.11. The van der Waals surface area contributed by atoms with Gasteiger partial charge in [0.05, 0.1) is 0 Å². The molecule has 0 aliphatic carbocycles. The first-order valence-electron chi connectivity index (χ1n) is 3.39. The summed E-state index contributed by atoms with van der Waals surface area (Å²) in [5.41, 5.74) is 0.446. The molecule has 0 fully saturated rings. The van der Waals surface area contributed by atoms with Gasteiger partial charge in [-0.25, -0.2) is 0 Å². The van der Waals surface area contributed by atoms with Crippen LogP contribution >= 0.6 is 15.9 Å². The zero-order chi connectivity index (χ0) is 9.90. The summed E-state index contributed by atoms with van der Waals surface area (Å²) in [6, 6.07) is 6.18. The van der Waals surface area contributed by atoms with E-state index in [0.29, 0.717) is 5.56 Å². The fourth-order valence-electron chi connectivity index (χ4n) is 0.921. The molecule has 0 aliphatic rings. The normalized spacial score (nSPS) is 12.2. The molecule has 0 aromatic heterocycles. The van der Waals surface area contributed by atoms with Crippen LogP contribution < -0.4 is 0 Å². The van der Waals surface area contributed by atoms with Crippen LogP contribution in [0.1, 0.15) is 5.56 Å². The van der Waals surface area contributed by atoms with Gasteiger partial charge in [0, 0.05) is 0 Å². The summed E-state index contributed by atoms with van der Waals surface area (Å²) in [4.78, 5) is 1.43. The van der Waals surface area contributed by atoms with E-state index in [1.165, 1.54) is 11.1 Å². The van der Waals surface area contributed by atoms with E-state index in [9.17, 15) is 8.42 Å². The van der Waals surface area contributed by atoms with Gasteiger partial charge < -0.3 is 0 Å². The van der Waals surface area contributed by atoms with Crippen molar-refractivity contribution in [1.29, 1.82) is 0 Å². The molecule has 1 rings (SSSR count). The van der Waals surface area contributed by atoms with E-state index in [0.717, 1.165) is 0 Å². The summed E-state index contributed by atoms with van der Waals surface area (Å²) in [5.74, 6) is 0. The monoisotopic (exact) mass is 262 g/mol. The average Bonchev–Trinajstić information content (AvgIpc) is 2.04. The molecule has 0 saturated carbocycles. The standard InChI is InChI=1S/C8H7BrO3S/c9-6-5-7-3-1-2-4-8(7)13(10,11)12/h1-6H,(H,10,11,12). The maximum atomic E-state index is 10.8. The van der Waals surface area contributed by atoms with Crippen molar-refractivity contribution in [3.63, 3.8) is 0 Å². The van der Waals surface area contributed by atoms with Gasteiger partial charge in [0.25, 0.3) is 10.1 Å². The van der Waals surface area contributed by atoms with Gasteiger partial charge in [0.15, 0.2) is 0 Å². The van der Waals surface area contributed by atoms with Crippen LogP contribution in [-0.2, 0) is 10.1 Å². The van der Waals surface area contributed by atoms with Crippen molar-refractivity contribution in [3.8, 4) is 0 Å². The highest BCUT2D eigenvalue weighted by Crippen LogP contribution is 2.16. The van der Waals surface area contributed by atoms with Crippen molar-refractivity contribution < 1.29 is 13.0 Å². The Morgan fingerprint density at radius 2 is 1.92 bits per heavy atom. The number of benzene rings is 1. The quantitative estimate of drug-likeness (QED) is 0.833. The number of rotatable bonds is 2. The third-order valence-corrected chi connectivity index (χ3v) is 2.63. The van der Waals surface area contributed by atoms with Gasteiger partial charge in [-0.1, -0.05) is 34.1 Å². The van der Waals surface area contributed by atoms with Crippen molar-refractivity contribution in [2.24, 2.45) is 0 Å². The molecule has 0 atom stereocenters. The first-order chi connectivity index (χ1) is 6.05. The number of hydrogen-bond acceptors (Lipinski definition) is 2. The minimum atomic E-state index is -4.13. The first-order valence-corrected chi connectivity index (χ1v) is 5.74. The highest BCUT2D eigenvalue weighted by atomic mass is 79.9. The molecule has 0 bridgehead atoms. The fourth-order valence-corrected chi connectivity index (χ4v) is 1.89. The van der Waals surface area contributed by atoms with Crippen LogP contribution in [0.25, 0.3) is 6.08 Å². The lowest BCUT2D eigenvalue weighted by molar-refractivity contribution is 0.483. The fraction of sp³-hybridized carbons (Fsp3) is 0. The molecule has 13 heavy (non-hydrogen) atoms. The molecule has 0 spiro atoms. The van der Waals surface area contributed by atoms with E-state index >= 15 is 0 Å². The molecule has 0 unspecified atom stereocenters. The Hall–Kier alpha value is -0.650. The zero-order valence-corrected chi connectivity index (χ0v) is 8.92. The van der Waals surface area contributed by atoms with E-state index in [4.69, 9.17) is 4.55 Å². The lowest BCUT2D eigenvalue weighted by Gasteiger charge is -2.00. The summed E-state index contributed by atoms with van der Waals surface area (Å²) in [5, 5.41) is 0. The minimum absolute atomic E-state index is 0.0919. The smallest absolute Gasteiger partial charge is 0.282 e. The van der Waals surface area contributed by atoms with Crippen molar-refractivity contribution in [2.45, 2.75) is 4.90 Å². The SMILES string of the molecule is O=S(=O)(O)c1ccccc1C=CBr. The molecule has 0 heterocycles. The van der Waals surface area contributed by atoms with Gasteiger partial charge in [-0.15, -0.1) is 0 Å². The van der Waals surface area contributed by atoms with Crippen LogP contribution in [0, 0.1) is 0 Å². The van der Waals surface area contributed by atoms with Gasteiger partial charge in [-0.05, 0) is 22.7 Å². The van der Waals surface area contributed by atoms with E-state index in [1.54, 1.807) is 24.3 Å². The molecular weight excluding hydrogens is 256 g/mol. The van der Waals surface area contributed by atoms with Crippen molar-refractivity contribution in [2.75, 3.05) is 0 Å². The second-order valence-electron chi connectivity index (χ2n) is 2.31. The second-order valence-corrected chi connectivity index (χ2v) is 4.22. The molecule has 1 aromatic carbocycles. The van der Waals surface area contributed by atoms with Gasteiger partial charge in [-0.2, -0.15) is 8.42 Å². The van der Waals surface area contributed by atoms with E-state index in [-0.39, 0.29) is 4.90 Å². The lowest BCUT2D eigenvalue weighted by Crippen LogP contribution is -1.99. The zero-order valence-electron chi connectivity index (χ0n) is 6.51. The summed E-state index contributed by atoms with van der Waals surface area (Å²) in [7, 11) is -4.13. The summed E-state index contributed by atoms with van der Waals surface area (Å²) >= 11 is 3.03. The predicted octanol–water partition coefficient (Wildman–Crippen LogP) is 2.30. The number of hydrogen-bond donors (Lipinski definition) is 1. The molecule has 0 saturated heterocycles. The van der Waals surface area contributed by atoms with Crippen LogP contribution in [-0.4, -0.2) is 13.0 Å². The molecule has 0 aliphatic heterocycles. The number of halogens is 1. The Kier molecular flexibility index (Phi) is 3.24. The van der Waals surface area contributed by atoms with Crippen LogP contribution in [0.5, 0.6) is 0 Å². The summed E-state index contributed by atoms with van der Waals surface area (Å²) in [6.07, 6.45) is 1.54. The Labute approximate surface area is 85.0 Å². The van der Waals surface area contributed by atoms with Gasteiger partial charge in [0.1, 0.15) is 4.90 Å². The van der Waals surface area contributed by atoms with Gasteiger partial charge >= 0.3 is 0 Å². The molecule has 1 aromatic rings. The molecule has 1 N–H and O–H groups in total. The van der Waals surface area contributed by atoms with Crippen LogP contribution in [0.3, 0.4) is 0 Å². The molecule has 0 amide bonds. The van der Waals surface area contributed by atoms with E-state index < -0.39 is 10.1 Å². The van der Waals surface area contributed by atoms with Crippen molar-refractivity contribution in [1.82, 2.24) is 0 Å². The summed E-state index contributed by atoms with van der Waals surface area (Å²) < 4.78 is 30.5. The Morgan fingerprint density at radius 1 is 1.31 bits per heavy atom. The molecule has 0 radical (unpaired) electrons. The Morgan fingerprint density at radius 3 is 2.46 bits per heavy atom. The van der Waals surface area contributed by atoms with E-state index in [1.807, 2.05) is 0 Å². The lowest BCUT2D eigenvalue weighted by atomic mass is 10.2. The van der Waals surface area contributed by atoms with Gasteiger partial charge in [-0.3, -0.25) is 4.55 Å². The third kappa shape index (κ3) is 2.65. The Bertz CT molecular complexity index is 423. The molecular formula is C8H7BrO3S. The van der Waals surface area contributed by atoms with Crippen LogP contribution in [0.2, 0.25) is 0 Å². The highest BCUT2D eigenvalue weighted by molar-refractivity contribution is 9.11. The first kappa shape index (κ1) is 10.4. The van der Waals surface area contributed by atoms with Crippen LogP contribution in [0.4, 0.5) is 0 Å². The predicted molar refractivity (Wildman–Crippen MR) is 54.2 cm³/mol. The maximum absolute atomic E-state index is 10.8. The summed E-state index contributed by atoms with van der Waals surface area (Å²) in [6.45, 7) is 0. The topological polar surface area (TPSA) is 54.4 Å².